The zero-order chi connectivity index (χ0) is 13.8. The molecule has 0 saturated carbocycles. The standard InChI is InChI=1S/C14H30N2OS/c1-13(2)11-16(9-10-18-13)8-7-12(15-5)14(3,4)17-6/h12,15H,7-11H2,1-6H3. The minimum atomic E-state index is -0.102. The summed E-state index contributed by atoms with van der Waals surface area (Å²) in [7, 11) is 3.83. The molecule has 0 aromatic heterocycles. The second kappa shape index (κ2) is 6.60. The summed E-state index contributed by atoms with van der Waals surface area (Å²) in [4.78, 5) is 2.59. The van der Waals surface area contributed by atoms with Gasteiger partial charge in [-0.1, -0.05) is 0 Å². The van der Waals surface area contributed by atoms with E-state index in [-0.39, 0.29) is 5.60 Å². The fraction of sp³-hybridized carbons (Fsp3) is 1.00. The zero-order valence-corrected chi connectivity index (χ0v) is 13.7. The Bertz CT molecular complexity index is 256. The van der Waals surface area contributed by atoms with Crippen molar-refractivity contribution in [3.05, 3.63) is 0 Å². The number of thioether (sulfide) groups is 1. The maximum Gasteiger partial charge on any atom is 0.0775 e. The van der Waals surface area contributed by atoms with Crippen LogP contribution in [-0.2, 0) is 4.74 Å². The lowest BCUT2D eigenvalue weighted by atomic mass is 9.95. The summed E-state index contributed by atoms with van der Waals surface area (Å²) in [5, 5.41) is 3.40. The van der Waals surface area contributed by atoms with Gasteiger partial charge in [0, 0.05) is 36.7 Å². The van der Waals surface area contributed by atoms with Crippen LogP contribution in [0.1, 0.15) is 34.1 Å². The van der Waals surface area contributed by atoms with E-state index in [2.05, 4.69) is 49.7 Å². The third-order valence-electron chi connectivity index (χ3n) is 3.95. The van der Waals surface area contributed by atoms with Crippen LogP contribution in [0, 0.1) is 0 Å². The molecule has 0 spiro atoms. The molecule has 0 aromatic rings. The van der Waals surface area contributed by atoms with E-state index < -0.39 is 0 Å². The highest BCUT2D eigenvalue weighted by Crippen LogP contribution is 2.29. The molecule has 0 bridgehead atoms. The van der Waals surface area contributed by atoms with Crippen LogP contribution in [0.5, 0.6) is 0 Å². The molecule has 18 heavy (non-hydrogen) atoms. The highest BCUT2D eigenvalue weighted by Gasteiger charge is 2.30. The number of nitrogens with one attached hydrogen (secondary N) is 1. The van der Waals surface area contributed by atoms with Crippen molar-refractivity contribution >= 4 is 11.8 Å². The summed E-state index contributed by atoms with van der Waals surface area (Å²) < 4.78 is 5.99. The third-order valence-corrected chi connectivity index (χ3v) is 5.25. The number of nitrogens with zero attached hydrogens (tertiary/aromatic N) is 1. The number of ether oxygens (including phenoxy) is 1. The van der Waals surface area contributed by atoms with E-state index in [4.69, 9.17) is 4.74 Å². The van der Waals surface area contributed by atoms with Crippen LogP contribution in [0.2, 0.25) is 0 Å². The summed E-state index contributed by atoms with van der Waals surface area (Å²) in [6, 6.07) is 0.403. The molecule has 3 nitrogen and oxygen atoms in total. The van der Waals surface area contributed by atoms with Gasteiger partial charge in [-0.3, -0.25) is 0 Å². The van der Waals surface area contributed by atoms with E-state index in [1.165, 1.54) is 18.8 Å². The zero-order valence-electron chi connectivity index (χ0n) is 12.9. The molecule has 1 aliphatic rings. The Labute approximate surface area is 117 Å². The molecule has 1 atom stereocenters. The van der Waals surface area contributed by atoms with E-state index in [0.29, 0.717) is 10.8 Å². The Balaban J connectivity index is 2.43. The van der Waals surface area contributed by atoms with Crippen LogP contribution in [0.25, 0.3) is 0 Å². The maximum atomic E-state index is 5.59. The summed E-state index contributed by atoms with van der Waals surface area (Å²) in [5.74, 6) is 1.25. The molecule has 1 saturated heterocycles. The van der Waals surface area contributed by atoms with Crippen molar-refractivity contribution in [2.75, 3.05) is 39.5 Å². The van der Waals surface area contributed by atoms with Gasteiger partial charge in [0.15, 0.2) is 0 Å². The Morgan fingerprint density at radius 1 is 1.44 bits per heavy atom. The highest BCUT2D eigenvalue weighted by atomic mass is 32.2. The van der Waals surface area contributed by atoms with Crippen LogP contribution in [0.4, 0.5) is 0 Å². The average Bonchev–Trinajstić information content (AvgIpc) is 2.28. The predicted molar refractivity (Wildman–Crippen MR) is 81.5 cm³/mol. The van der Waals surface area contributed by atoms with Crippen LogP contribution in [-0.4, -0.2) is 60.8 Å². The van der Waals surface area contributed by atoms with Crippen LogP contribution >= 0.6 is 11.8 Å². The third kappa shape index (κ3) is 4.72. The van der Waals surface area contributed by atoms with E-state index >= 15 is 0 Å². The molecule has 0 aromatic carbocycles. The molecule has 4 heteroatoms. The molecule has 1 heterocycles. The largest absolute Gasteiger partial charge is 0.377 e. The molecule has 0 amide bonds. The molecule has 1 unspecified atom stereocenters. The van der Waals surface area contributed by atoms with Crippen molar-refractivity contribution in [2.45, 2.75) is 50.5 Å². The lowest BCUT2D eigenvalue weighted by Crippen LogP contribution is -2.50. The Morgan fingerprint density at radius 2 is 2.11 bits per heavy atom. The molecule has 1 fully saturated rings. The van der Waals surface area contributed by atoms with Gasteiger partial charge in [0.05, 0.1) is 5.60 Å². The highest BCUT2D eigenvalue weighted by molar-refractivity contribution is 8.00. The van der Waals surface area contributed by atoms with Crippen LogP contribution < -0.4 is 5.32 Å². The Morgan fingerprint density at radius 3 is 2.61 bits per heavy atom. The van der Waals surface area contributed by atoms with E-state index in [1.54, 1.807) is 7.11 Å². The fourth-order valence-electron chi connectivity index (χ4n) is 2.60. The second-order valence-corrected chi connectivity index (χ2v) is 8.12. The summed E-state index contributed by atoms with van der Waals surface area (Å²) in [6.45, 7) is 12.6. The second-order valence-electron chi connectivity index (χ2n) is 6.32. The van der Waals surface area contributed by atoms with E-state index in [1.807, 2.05) is 7.05 Å². The first-order chi connectivity index (χ1) is 8.30. The minimum absolute atomic E-state index is 0.102. The Kier molecular flexibility index (Phi) is 5.97. The van der Waals surface area contributed by atoms with Crippen LogP contribution in [0.3, 0.4) is 0 Å². The van der Waals surface area contributed by atoms with Crippen molar-refractivity contribution in [3.8, 4) is 0 Å². The molecule has 1 aliphatic heterocycles. The predicted octanol–water partition coefficient (Wildman–Crippen LogP) is 2.22. The van der Waals surface area contributed by atoms with Crippen molar-refractivity contribution < 1.29 is 4.74 Å². The number of likely N-dealkylation sites (N-methyl/N-ethyl adjacent to an activating group) is 1. The number of methoxy groups -OCH3 is 1. The van der Waals surface area contributed by atoms with Crippen molar-refractivity contribution in [1.82, 2.24) is 10.2 Å². The first-order valence-electron chi connectivity index (χ1n) is 6.89. The van der Waals surface area contributed by atoms with Gasteiger partial charge in [-0.2, -0.15) is 11.8 Å². The van der Waals surface area contributed by atoms with Crippen molar-refractivity contribution in [3.63, 3.8) is 0 Å². The monoisotopic (exact) mass is 274 g/mol. The molecule has 0 aliphatic carbocycles. The van der Waals surface area contributed by atoms with Crippen molar-refractivity contribution in [1.29, 1.82) is 0 Å². The van der Waals surface area contributed by atoms with Gasteiger partial charge < -0.3 is 15.0 Å². The van der Waals surface area contributed by atoms with Gasteiger partial charge in [0.2, 0.25) is 0 Å². The van der Waals surface area contributed by atoms with Gasteiger partial charge in [0.1, 0.15) is 0 Å². The summed E-state index contributed by atoms with van der Waals surface area (Å²) in [6.07, 6.45) is 1.14. The first-order valence-corrected chi connectivity index (χ1v) is 7.88. The van der Waals surface area contributed by atoms with Crippen molar-refractivity contribution in [2.24, 2.45) is 0 Å². The number of rotatable bonds is 6. The van der Waals surface area contributed by atoms with E-state index in [0.717, 1.165) is 13.0 Å². The molecular weight excluding hydrogens is 244 g/mol. The van der Waals surface area contributed by atoms with Gasteiger partial charge in [0.25, 0.3) is 0 Å². The van der Waals surface area contributed by atoms with Gasteiger partial charge in [-0.25, -0.2) is 0 Å². The smallest absolute Gasteiger partial charge is 0.0775 e. The maximum absolute atomic E-state index is 5.59. The number of hydrogen-bond donors (Lipinski definition) is 1. The van der Waals surface area contributed by atoms with E-state index in [9.17, 15) is 0 Å². The van der Waals surface area contributed by atoms with Crippen LogP contribution in [0.15, 0.2) is 0 Å². The molecular formula is C14H30N2OS. The SMILES string of the molecule is CNC(CCN1CCSC(C)(C)C1)C(C)(C)OC. The lowest BCUT2D eigenvalue weighted by molar-refractivity contribution is -0.0128. The normalized spacial score (nSPS) is 23.0. The summed E-state index contributed by atoms with van der Waals surface area (Å²) in [5.41, 5.74) is -0.102. The quantitative estimate of drug-likeness (QED) is 0.803. The molecule has 0 radical (unpaired) electrons. The summed E-state index contributed by atoms with van der Waals surface area (Å²) >= 11 is 2.09. The molecule has 108 valence electrons. The first kappa shape index (κ1) is 16.3. The molecule has 1 N–H and O–H groups in total. The lowest BCUT2D eigenvalue weighted by Gasteiger charge is -2.39. The van der Waals surface area contributed by atoms with Gasteiger partial charge in [-0.15, -0.1) is 0 Å². The fourth-order valence-corrected chi connectivity index (χ4v) is 3.77. The van der Waals surface area contributed by atoms with Gasteiger partial charge >= 0.3 is 0 Å². The Hall–Kier alpha value is 0.230. The van der Waals surface area contributed by atoms with Gasteiger partial charge in [-0.05, 0) is 47.7 Å². The number of hydrogen-bond acceptors (Lipinski definition) is 4. The topological polar surface area (TPSA) is 24.5 Å². The minimum Gasteiger partial charge on any atom is -0.377 e. The molecule has 1 rings (SSSR count). The average molecular weight is 274 g/mol.